The monoisotopic (exact) mass is 485 g/mol. The number of amides is 1. The topological polar surface area (TPSA) is 82.4 Å². The van der Waals surface area contributed by atoms with Gasteiger partial charge in [0.05, 0.1) is 30.0 Å². The molecule has 1 fully saturated rings. The van der Waals surface area contributed by atoms with E-state index < -0.39 is 0 Å². The Kier molecular flexibility index (Phi) is 6.71. The van der Waals surface area contributed by atoms with Crippen LogP contribution in [0, 0.1) is 0 Å². The highest BCUT2D eigenvalue weighted by Gasteiger charge is 2.24. The van der Waals surface area contributed by atoms with Gasteiger partial charge in [-0.15, -0.1) is 11.3 Å². The average Bonchev–Trinajstić information content (AvgIpc) is 3.49. The molecule has 3 heterocycles. The number of methoxy groups -OCH3 is 1. The van der Waals surface area contributed by atoms with Crippen molar-refractivity contribution < 1.29 is 14.3 Å². The molecule has 2 aliphatic rings. The highest BCUT2D eigenvalue weighted by atomic mass is 32.2. The highest BCUT2D eigenvalue weighted by molar-refractivity contribution is 7.99. The predicted octanol–water partition coefficient (Wildman–Crippen LogP) is 3.72. The maximum Gasteiger partial charge on any atom is 0.267 e. The maximum atomic E-state index is 13.8. The number of carbonyl (C=O) groups is 1. The molecule has 1 saturated heterocycles. The first-order valence-corrected chi connectivity index (χ1v) is 13.2. The van der Waals surface area contributed by atoms with Crippen molar-refractivity contribution in [3.63, 3.8) is 0 Å². The number of fused-ring (bicyclic) bond motifs is 3. The van der Waals surface area contributed by atoms with E-state index in [4.69, 9.17) is 14.5 Å². The molecule has 7 nitrogen and oxygen atoms in total. The smallest absolute Gasteiger partial charge is 0.267 e. The Labute approximate surface area is 200 Å². The van der Waals surface area contributed by atoms with Crippen molar-refractivity contribution in [2.24, 2.45) is 0 Å². The van der Waals surface area contributed by atoms with Gasteiger partial charge in [-0.3, -0.25) is 14.2 Å². The van der Waals surface area contributed by atoms with Crippen molar-refractivity contribution >= 4 is 39.2 Å². The van der Waals surface area contributed by atoms with E-state index in [0.29, 0.717) is 28.5 Å². The summed E-state index contributed by atoms with van der Waals surface area (Å²) in [5.74, 6) is 0.668. The molecule has 0 saturated carbocycles. The van der Waals surface area contributed by atoms with Crippen LogP contribution in [0.25, 0.3) is 15.9 Å². The number of nitrogens with one attached hydrogen (secondary N) is 1. The van der Waals surface area contributed by atoms with Crippen molar-refractivity contribution in [2.75, 3.05) is 26.0 Å². The van der Waals surface area contributed by atoms with Gasteiger partial charge in [-0.05, 0) is 56.2 Å². The highest BCUT2D eigenvalue weighted by Crippen LogP contribution is 2.36. The molecular weight excluding hydrogens is 458 g/mol. The molecule has 0 bridgehead atoms. The number of carbonyl (C=O) groups excluding carboxylic acids is 1. The number of nitrogens with zero attached hydrogens (tertiary/aromatic N) is 2. The van der Waals surface area contributed by atoms with Crippen LogP contribution >= 0.6 is 23.1 Å². The van der Waals surface area contributed by atoms with Crippen molar-refractivity contribution in [3.05, 3.63) is 45.1 Å². The second kappa shape index (κ2) is 9.87. The zero-order valence-electron chi connectivity index (χ0n) is 18.6. The zero-order valence-corrected chi connectivity index (χ0v) is 20.2. The number of hydrogen-bond donors (Lipinski definition) is 1. The van der Waals surface area contributed by atoms with Gasteiger partial charge in [0.2, 0.25) is 5.91 Å². The number of aryl methyl sites for hydroxylation is 2. The van der Waals surface area contributed by atoms with E-state index in [9.17, 15) is 9.59 Å². The third-order valence-electron chi connectivity index (χ3n) is 6.17. The molecule has 1 N–H and O–H groups in total. The lowest BCUT2D eigenvalue weighted by molar-refractivity contribution is -0.119. The van der Waals surface area contributed by atoms with Gasteiger partial charge in [0.1, 0.15) is 10.6 Å². The number of thiophene rings is 1. The Morgan fingerprint density at radius 2 is 2.15 bits per heavy atom. The molecule has 5 rings (SSSR count). The minimum atomic E-state index is -0.0955. The van der Waals surface area contributed by atoms with Crippen molar-refractivity contribution in [3.8, 4) is 11.4 Å². The number of para-hydroxylation sites is 2. The Morgan fingerprint density at radius 1 is 1.30 bits per heavy atom. The minimum Gasteiger partial charge on any atom is -0.495 e. The molecular formula is C24H27N3O4S2. The SMILES string of the molecule is COc1ccccc1-n1c(SCC(=O)NCC2CCCO2)nc2sc3c(c2c1=O)CCCC3. The fraction of sp³-hybridized carbons (Fsp3) is 0.458. The lowest BCUT2D eigenvalue weighted by Gasteiger charge is -2.16. The molecule has 2 aromatic heterocycles. The van der Waals surface area contributed by atoms with Crippen LogP contribution in [0.2, 0.25) is 0 Å². The summed E-state index contributed by atoms with van der Waals surface area (Å²) in [7, 11) is 1.59. The van der Waals surface area contributed by atoms with E-state index in [-0.39, 0.29) is 23.3 Å². The van der Waals surface area contributed by atoms with E-state index in [0.717, 1.165) is 55.5 Å². The quantitative estimate of drug-likeness (QED) is 0.406. The number of rotatable bonds is 7. The van der Waals surface area contributed by atoms with Crippen molar-refractivity contribution in [1.82, 2.24) is 14.9 Å². The number of thioether (sulfide) groups is 1. The number of hydrogen-bond acceptors (Lipinski definition) is 7. The van der Waals surface area contributed by atoms with Gasteiger partial charge < -0.3 is 14.8 Å². The molecule has 33 heavy (non-hydrogen) atoms. The maximum absolute atomic E-state index is 13.8. The van der Waals surface area contributed by atoms with E-state index in [1.807, 2.05) is 24.3 Å². The average molecular weight is 486 g/mol. The molecule has 1 atom stereocenters. The van der Waals surface area contributed by atoms with Crippen LogP contribution in [-0.4, -0.2) is 47.6 Å². The summed E-state index contributed by atoms with van der Waals surface area (Å²) in [6, 6.07) is 7.43. The molecule has 3 aromatic rings. The molecule has 1 unspecified atom stereocenters. The molecule has 1 aliphatic heterocycles. The molecule has 1 amide bonds. The van der Waals surface area contributed by atoms with Crippen LogP contribution in [0.5, 0.6) is 5.75 Å². The Balaban J connectivity index is 1.51. The Morgan fingerprint density at radius 3 is 2.97 bits per heavy atom. The van der Waals surface area contributed by atoms with Crippen LogP contribution in [0.3, 0.4) is 0 Å². The molecule has 1 aliphatic carbocycles. The normalized spacial score (nSPS) is 17.8. The zero-order chi connectivity index (χ0) is 22.8. The second-order valence-electron chi connectivity index (χ2n) is 8.33. The number of ether oxygens (including phenoxy) is 2. The van der Waals surface area contributed by atoms with Gasteiger partial charge in [0.25, 0.3) is 5.56 Å². The summed E-state index contributed by atoms with van der Waals surface area (Å²) >= 11 is 2.89. The predicted molar refractivity (Wildman–Crippen MR) is 131 cm³/mol. The standard InChI is InChI=1S/C24H27N3O4S2/c1-30-18-10-4-3-9-17(18)27-23(29)21-16-8-2-5-11-19(16)33-22(21)26-24(27)32-14-20(28)25-13-15-7-6-12-31-15/h3-4,9-10,15H,2,5-8,11-14H2,1H3,(H,25,28). The summed E-state index contributed by atoms with van der Waals surface area (Å²) in [6.45, 7) is 1.28. The van der Waals surface area contributed by atoms with Gasteiger partial charge in [0.15, 0.2) is 5.16 Å². The van der Waals surface area contributed by atoms with Crippen molar-refractivity contribution in [1.29, 1.82) is 0 Å². The molecule has 9 heteroatoms. The lowest BCUT2D eigenvalue weighted by Crippen LogP contribution is -2.33. The van der Waals surface area contributed by atoms with Crippen LogP contribution < -0.4 is 15.6 Å². The first kappa shape index (κ1) is 22.4. The van der Waals surface area contributed by atoms with Gasteiger partial charge in [-0.1, -0.05) is 23.9 Å². The minimum absolute atomic E-state index is 0.0915. The fourth-order valence-electron chi connectivity index (χ4n) is 4.52. The summed E-state index contributed by atoms with van der Waals surface area (Å²) in [6.07, 6.45) is 6.26. The van der Waals surface area contributed by atoms with Gasteiger partial charge in [-0.2, -0.15) is 0 Å². The summed E-state index contributed by atoms with van der Waals surface area (Å²) in [5, 5.41) is 4.16. The van der Waals surface area contributed by atoms with Gasteiger partial charge >= 0.3 is 0 Å². The first-order valence-electron chi connectivity index (χ1n) is 11.4. The fourth-order valence-corrected chi connectivity index (χ4v) is 6.66. The number of aromatic nitrogens is 2. The summed E-state index contributed by atoms with van der Waals surface area (Å²) in [5.41, 5.74) is 1.69. The third kappa shape index (κ3) is 4.54. The summed E-state index contributed by atoms with van der Waals surface area (Å²) < 4.78 is 12.7. The third-order valence-corrected chi connectivity index (χ3v) is 8.29. The largest absolute Gasteiger partial charge is 0.495 e. The van der Waals surface area contributed by atoms with Crippen molar-refractivity contribution in [2.45, 2.75) is 49.8 Å². The van der Waals surface area contributed by atoms with E-state index in [2.05, 4.69) is 5.32 Å². The van der Waals surface area contributed by atoms with Crippen LogP contribution in [0.15, 0.2) is 34.2 Å². The number of benzene rings is 1. The first-order chi connectivity index (χ1) is 16.2. The van der Waals surface area contributed by atoms with E-state index >= 15 is 0 Å². The molecule has 174 valence electrons. The Bertz CT molecular complexity index is 1230. The van der Waals surface area contributed by atoms with Crippen LogP contribution in [0.4, 0.5) is 0 Å². The molecule has 0 radical (unpaired) electrons. The van der Waals surface area contributed by atoms with Gasteiger partial charge in [-0.25, -0.2) is 4.98 Å². The van der Waals surface area contributed by atoms with E-state index in [1.54, 1.807) is 23.0 Å². The van der Waals surface area contributed by atoms with Crippen LogP contribution in [0.1, 0.15) is 36.1 Å². The second-order valence-corrected chi connectivity index (χ2v) is 10.4. The van der Waals surface area contributed by atoms with Crippen LogP contribution in [-0.2, 0) is 22.4 Å². The summed E-state index contributed by atoms with van der Waals surface area (Å²) in [4.78, 5) is 33.3. The lowest BCUT2D eigenvalue weighted by atomic mass is 9.97. The van der Waals surface area contributed by atoms with Gasteiger partial charge in [0, 0.05) is 18.0 Å². The molecule has 0 spiro atoms. The molecule has 1 aromatic carbocycles. The Hall–Kier alpha value is -2.36. The van der Waals surface area contributed by atoms with E-state index in [1.165, 1.54) is 16.6 Å².